The molecule has 1 aliphatic rings. The van der Waals surface area contributed by atoms with Gasteiger partial charge >= 0.3 is 0 Å². The third kappa shape index (κ3) is 3.55. The first kappa shape index (κ1) is 16.2. The maximum absolute atomic E-state index is 13.8. The van der Waals surface area contributed by atoms with E-state index < -0.39 is 0 Å². The van der Waals surface area contributed by atoms with Crippen molar-refractivity contribution in [3.8, 4) is 0 Å². The summed E-state index contributed by atoms with van der Waals surface area (Å²) in [5, 5.41) is 3.93. The van der Waals surface area contributed by atoms with Gasteiger partial charge in [0.25, 0.3) is 0 Å². The van der Waals surface area contributed by atoms with E-state index in [4.69, 9.17) is 12.2 Å². The summed E-state index contributed by atoms with van der Waals surface area (Å²) in [6.07, 6.45) is 0. The average Bonchev–Trinajstić information content (AvgIpc) is 2.64. The fraction of sp³-hybridized carbons (Fsp3) is 0.467. The van der Waals surface area contributed by atoms with E-state index in [0.29, 0.717) is 11.3 Å². The van der Waals surface area contributed by atoms with Crippen LogP contribution in [0, 0.1) is 12.7 Å². The van der Waals surface area contributed by atoms with Crippen LogP contribution in [0.1, 0.15) is 25.0 Å². The first-order valence-electron chi connectivity index (χ1n) is 6.71. The van der Waals surface area contributed by atoms with Crippen LogP contribution in [0.2, 0.25) is 0 Å². The van der Waals surface area contributed by atoms with E-state index in [-0.39, 0.29) is 11.4 Å². The number of nitrogens with one attached hydrogen (secondary N) is 1. The van der Waals surface area contributed by atoms with Crippen LogP contribution in [0.25, 0.3) is 0 Å². The number of rotatable bonds is 3. The number of hydrogen-bond donors (Lipinski definition) is 1. The van der Waals surface area contributed by atoms with Gasteiger partial charge in [0, 0.05) is 25.5 Å². The normalized spacial score (nSPS) is 16.7. The molecule has 3 nitrogen and oxygen atoms in total. The molecule has 0 amide bonds. The van der Waals surface area contributed by atoms with E-state index in [1.165, 1.54) is 0 Å². The van der Waals surface area contributed by atoms with E-state index in [1.54, 1.807) is 24.8 Å². The van der Waals surface area contributed by atoms with Crippen molar-refractivity contribution in [1.29, 1.82) is 0 Å². The Bertz CT molecular complexity index is 609. The zero-order chi connectivity index (χ0) is 15.8. The van der Waals surface area contributed by atoms with E-state index in [0.717, 1.165) is 21.4 Å². The summed E-state index contributed by atoms with van der Waals surface area (Å²) in [7, 11) is 3.93. The molecule has 0 spiro atoms. The molecular formula is C15H20FN3S2. The number of hydrogen-bond acceptors (Lipinski definition) is 4. The van der Waals surface area contributed by atoms with Gasteiger partial charge in [-0.05, 0) is 44.0 Å². The fourth-order valence-corrected chi connectivity index (χ4v) is 3.23. The minimum atomic E-state index is -0.347. The van der Waals surface area contributed by atoms with Crippen molar-refractivity contribution < 1.29 is 4.39 Å². The van der Waals surface area contributed by atoms with Crippen molar-refractivity contribution in [3.63, 3.8) is 0 Å². The van der Waals surface area contributed by atoms with Gasteiger partial charge < -0.3 is 10.2 Å². The van der Waals surface area contributed by atoms with Crippen LogP contribution in [-0.2, 0) is 5.75 Å². The van der Waals surface area contributed by atoms with Gasteiger partial charge in [-0.2, -0.15) is 0 Å². The number of aliphatic imine (C=N–C) groups is 1. The Kier molecular flexibility index (Phi) is 4.58. The topological polar surface area (TPSA) is 27.6 Å². The van der Waals surface area contributed by atoms with Gasteiger partial charge in [-0.15, -0.1) is 0 Å². The van der Waals surface area contributed by atoms with Crippen molar-refractivity contribution in [2.45, 2.75) is 32.1 Å². The first-order chi connectivity index (χ1) is 9.70. The molecule has 1 heterocycles. The fourth-order valence-electron chi connectivity index (χ4n) is 2.04. The Morgan fingerprint density at radius 3 is 2.57 bits per heavy atom. The molecule has 0 aromatic heterocycles. The van der Waals surface area contributed by atoms with Crippen LogP contribution in [0.4, 0.5) is 10.1 Å². The minimum Gasteiger partial charge on any atom is -0.377 e. The van der Waals surface area contributed by atoms with Crippen LogP contribution >= 0.6 is 24.0 Å². The molecule has 114 valence electrons. The molecule has 1 aromatic rings. The Morgan fingerprint density at radius 2 is 2.05 bits per heavy atom. The summed E-state index contributed by atoms with van der Waals surface area (Å²) >= 11 is 6.81. The number of aryl methyl sites for hydroxylation is 1. The molecule has 2 rings (SSSR count). The van der Waals surface area contributed by atoms with Crippen molar-refractivity contribution in [3.05, 3.63) is 29.1 Å². The summed E-state index contributed by atoms with van der Waals surface area (Å²) in [4.78, 5) is 7.28. The van der Waals surface area contributed by atoms with Gasteiger partial charge in [-0.1, -0.05) is 24.0 Å². The quantitative estimate of drug-likeness (QED) is 0.861. The predicted molar refractivity (Wildman–Crippen MR) is 94.0 cm³/mol. The molecule has 0 saturated carbocycles. The van der Waals surface area contributed by atoms with Gasteiger partial charge in [0.15, 0.2) is 5.17 Å². The lowest BCUT2D eigenvalue weighted by molar-refractivity contribution is 0.617. The van der Waals surface area contributed by atoms with Crippen LogP contribution < -0.4 is 10.2 Å². The van der Waals surface area contributed by atoms with Crippen molar-refractivity contribution in [1.82, 2.24) is 5.32 Å². The second-order valence-corrected chi connectivity index (χ2v) is 7.22. The van der Waals surface area contributed by atoms with Crippen molar-refractivity contribution in [2.75, 3.05) is 19.0 Å². The molecule has 0 bridgehead atoms. The van der Waals surface area contributed by atoms with Crippen LogP contribution in [0.15, 0.2) is 17.1 Å². The maximum atomic E-state index is 13.8. The summed E-state index contributed by atoms with van der Waals surface area (Å²) in [5.41, 5.74) is 2.29. The molecule has 0 unspecified atom stereocenters. The monoisotopic (exact) mass is 325 g/mol. The molecule has 0 aliphatic carbocycles. The second kappa shape index (κ2) is 5.93. The highest BCUT2D eigenvalue weighted by atomic mass is 32.2. The Balaban J connectivity index is 2.18. The summed E-state index contributed by atoms with van der Waals surface area (Å²) in [6, 6.07) is 3.49. The largest absolute Gasteiger partial charge is 0.377 e. The van der Waals surface area contributed by atoms with Gasteiger partial charge in [-0.25, -0.2) is 9.38 Å². The highest BCUT2D eigenvalue weighted by molar-refractivity contribution is 8.13. The molecule has 0 atom stereocenters. The van der Waals surface area contributed by atoms with Crippen molar-refractivity contribution >= 4 is 39.8 Å². The smallest absolute Gasteiger partial charge is 0.162 e. The third-order valence-corrected chi connectivity index (χ3v) is 4.89. The highest BCUT2D eigenvalue weighted by Gasteiger charge is 2.30. The summed E-state index contributed by atoms with van der Waals surface area (Å²) < 4.78 is 13.8. The Labute approximate surface area is 135 Å². The lowest BCUT2D eigenvalue weighted by Crippen LogP contribution is -2.32. The molecular weight excluding hydrogens is 305 g/mol. The van der Waals surface area contributed by atoms with Crippen LogP contribution in [-0.4, -0.2) is 29.8 Å². The highest BCUT2D eigenvalue weighted by Crippen LogP contribution is 2.29. The van der Waals surface area contributed by atoms with Gasteiger partial charge in [0.2, 0.25) is 0 Å². The van der Waals surface area contributed by atoms with E-state index in [2.05, 4.69) is 10.3 Å². The Morgan fingerprint density at radius 1 is 1.38 bits per heavy atom. The number of halogens is 1. The van der Waals surface area contributed by atoms with E-state index >= 15 is 0 Å². The number of thioether (sulfide) groups is 1. The number of benzene rings is 1. The SMILES string of the molecule is Cc1cc(N(C)C)c(CSC2=NC(C)(C)C(=S)N2)cc1F. The molecule has 0 radical (unpaired) electrons. The first-order valence-corrected chi connectivity index (χ1v) is 8.10. The maximum Gasteiger partial charge on any atom is 0.162 e. The second-order valence-electron chi connectivity index (χ2n) is 5.84. The number of anilines is 1. The lowest BCUT2D eigenvalue weighted by atomic mass is 10.1. The van der Waals surface area contributed by atoms with Crippen LogP contribution in [0.5, 0.6) is 0 Å². The molecule has 1 aromatic carbocycles. The predicted octanol–water partition coefficient (Wildman–Crippen LogP) is 3.50. The third-order valence-electron chi connectivity index (χ3n) is 3.36. The lowest BCUT2D eigenvalue weighted by Gasteiger charge is -2.18. The molecule has 0 fully saturated rings. The number of nitrogens with zero attached hydrogens (tertiary/aromatic N) is 2. The van der Waals surface area contributed by atoms with Gasteiger partial charge in [0.1, 0.15) is 16.3 Å². The van der Waals surface area contributed by atoms with E-state index in [9.17, 15) is 4.39 Å². The van der Waals surface area contributed by atoms with Gasteiger partial charge in [-0.3, -0.25) is 0 Å². The zero-order valence-corrected chi connectivity index (χ0v) is 14.6. The zero-order valence-electron chi connectivity index (χ0n) is 13.0. The van der Waals surface area contributed by atoms with E-state index in [1.807, 2.05) is 38.9 Å². The number of thiocarbonyl (C=S) groups is 1. The molecule has 21 heavy (non-hydrogen) atoms. The van der Waals surface area contributed by atoms with Crippen LogP contribution in [0.3, 0.4) is 0 Å². The summed E-state index contributed by atoms with van der Waals surface area (Å²) in [5.74, 6) is 0.475. The molecule has 1 N–H and O–H groups in total. The number of amidine groups is 1. The Hall–Kier alpha value is -1.14. The average molecular weight is 325 g/mol. The van der Waals surface area contributed by atoms with Gasteiger partial charge in [0.05, 0.1) is 0 Å². The molecule has 6 heteroatoms. The van der Waals surface area contributed by atoms with Crippen molar-refractivity contribution in [2.24, 2.45) is 4.99 Å². The standard InChI is InChI=1S/C15H20FN3S2/c1-9-6-12(19(4)5)10(7-11(9)16)8-21-14-17-13(20)15(2,3)18-14/h6-7H,8H2,1-5H3,(H,17,18,20). The molecule has 0 saturated heterocycles. The summed E-state index contributed by atoms with van der Waals surface area (Å²) in [6.45, 7) is 5.74. The minimum absolute atomic E-state index is 0.173. The molecule has 1 aliphatic heterocycles.